The Morgan fingerprint density at radius 1 is 1.40 bits per heavy atom. The van der Waals surface area contributed by atoms with Crippen LogP contribution in [-0.4, -0.2) is 47.1 Å². The van der Waals surface area contributed by atoms with E-state index in [0.717, 1.165) is 13.0 Å². The van der Waals surface area contributed by atoms with Crippen LogP contribution in [0.1, 0.15) is 13.3 Å². The lowest BCUT2D eigenvalue weighted by Crippen LogP contribution is -2.35. The molecule has 0 bridgehead atoms. The quantitative estimate of drug-likeness (QED) is 0.731. The summed E-state index contributed by atoms with van der Waals surface area (Å²) in [7, 11) is 1.68. The first kappa shape index (κ1) is 16.7. The van der Waals surface area contributed by atoms with Crippen molar-refractivity contribution in [2.45, 2.75) is 24.3 Å². The number of methoxy groups -OCH3 is 1. The lowest BCUT2D eigenvalue weighted by molar-refractivity contribution is 0.378. The summed E-state index contributed by atoms with van der Waals surface area (Å²) in [5, 5.41) is 0. The number of nitrogens with zero attached hydrogens (tertiary/aromatic N) is 1. The van der Waals surface area contributed by atoms with E-state index >= 15 is 0 Å². The Morgan fingerprint density at radius 3 is 2.60 bits per heavy atom. The van der Waals surface area contributed by atoms with Gasteiger partial charge in [0.15, 0.2) is 0 Å². The second-order valence-electron chi connectivity index (χ2n) is 5.02. The van der Waals surface area contributed by atoms with Gasteiger partial charge < -0.3 is 15.4 Å². The molecule has 0 aliphatic carbocycles. The molecule has 0 aliphatic rings. The molecule has 1 aromatic rings. The summed E-state index contributed by atoms with van der Waals surface area (Å²) in [5.74, 6) is 0.284. The van der Waals surface area contributed by atoms with Crippen molar-refractivity contribution in [2.24, 2.45) is 0 Å². The van der Waals surface area contributed by atoms with E-state index in [1.807, 2.05) is 25.9 Å². The van der Waals surface area contributed by atoms with E-state index in [4.69, 9.17) is 10.5 Å². The van der Waals surface area contributed by atoms with Gasteiger partial charge in [0.25, 0.3) is 0 Å². The summed E-state index contributed by atoms with van der Waals surface area (Å²) in [5.41, 5.74) is 6.04. The Labute approximate surface area is 121 Å². The number of rotatable bonds is 7. The van der Waals surface area contributed by atoms with Crippen LogP contribution in [-0.2, 0) is 10.0 Å². The van der Waals surface area contributed by atoms with Crippen LogP contribution in [0.5, 0.6) is 5.75 Å². The fraction of sp³-hybridized carbons (Fsp3) is 0.538. The molecule has 1 aromatic carbocycles. The number of anilines is 1. The molecule has 0 aliphatic heterocycles. The third-order valence-corrected chi connectivity index (χ3v) is 4.45. The van der Waals surface area contributed by atoms with Gasteiger partial charge in [-0.2, -0.15) is 0 Å². The molecule has 0 amide bonds. The highest BCUT2D eigenvalue weighted by molar-refractivity contribution is 7.89. The van der Waals surface area contributed by atoms with Gasteiger partial charge in [-0.15, -0.1) is 0 Å². The minimum atomic E-state index is -3.65. The van der Waals surface area contributed by atoms with Crippen molar-refractivity contribution in [3.63, 3.8) is 0 Å². The molecule has 0 spiro atoms. The zero-order valence-electron chi connectivity index (χ0n) is 12.4. The van der Waals surface area contributed by atoms with Gasteiger partial charge in [-0.1, -0.05) is 0 Å². The summed E-state index contributed by atoms with van der Waals surface area (Å²) in [6, 6.07) is 4.38. The molecule has 1 atom stereocenters. The first-order valence-electron chi connectivity index (χ1n) is 6.37. The number of nitrogens with two attached hydrogens (primary N) is 1. The molecule has 0 heterocycles. The van der Waals surface area contributed by atoms with Crippen molar-refractivity contribution in [3.8, 4) is 5.75 Å². The SMILES string of the molecule is COc1ccc(N)cc1S(=O)(=O)NC(C)CCN(C)C. The van der Waals surface area contributed by atoms with Gasteiger partial charge in [0.1, 0.15) is 10.6 Å². The largest absolute Gasteiger partial charge is 0.495 e. The Hall–Kier alpha value is -1.31. The highest BCUT2D eigenvalue weighted by Gasteiger charge is 2.22. The van der Waals surface area contributed by atoms with Gasteiger partial charge in [-0.05, 0) is 52.2 Å². The van der Waals surface area contributed by atoms with Crippen LogP contribution in [0.2, 0.25) is 0 Å². The zero-order valence-corrected chi connectivity index (χ0v) is 13.2. The maximum atomic E-state index is 12.4. The van der Waals surface area contributed by atoms with Crippen molar-refractivity contribution >= 4 is 15.7 Å². The topological polar surface area (TPSA) is 84.7 Å². The summed E-state index contributed by atoms with van der Waals surface area (Å²) in [6.07, 6.45) is 0.719. The first-order chi connectivity index (χ1) is 9.26. The highest BCUT2D eigenvalue weighted by Crippen LogP contribution is 2.26. The van der Waals surface area contributed by atoms with E-state index in [0.29, 0.717) is 5.69 Å². The van der Waals surface area contributed by atoms with Crippen LogP contribution in [0.15, 0.2) is 23.1 Å². The third-order valence-electron chi connectivity index (χ3n) is 2.84. The van der Waals surface area contributed by atoms with E-state index in [1.54, 1.807) is 12.1 Å². The molecule has 114 valence electrons. The number of benzene rings is 1. The summed E-state index contributed by atoms with van der Waals surface area (Å²) >= 11 is 0. The molecule has 0 radical (unpaired) electrons. The lowest BCUT2D eigenvalue weighted by Gasteiger charge is -2.18. The second-order valence-corrected chi connectivity index (χ2v) is 6.71. The number of ether oxygens (including phenoxy) is 1. The molecule has 20 heavy (non-hydrogen) atoms. The lowest BCUT2D eigenvalue weighted by atomic mass is 10.2. The second kappa shape index (κ2) is 6.92. The van der Waals surface area contributed by atoms with E-state index in [2.05, 4.69) is 4.72 Å². The maximum Gasteiger partial charge on any atom is 0.244 e. The normalized spacial score (nSPS) is 13.4. The van der Waals surface area contributed by atoms with Crippen molar-refractivity contribution in [3.05, 3.63) is 18.2 Å². The molecule has 3 N–H and O–H groups in total. The van der Waals surface area contributed by atoms with Gasteiger partial charge in [0.2, 0.25) is 10.0 Å². The Morgan fingerprint density at radius 2 is 2.05 bits per heavy atom. The van der Waals surface area contributed by atoms with Crippen LogP contribution in [0, 0.1) is 0 Å². The highest BCUT2D eigenvalue weighted by atomic mass is 32.2. The number of hydrogen-bond donors (Lipinski definition) is 2. The van der Waals surface area contributed by atoms with Gasteiger partial charge in [0.05, 0.1) is 7.11 Å². The zero-order chi connectivity index (χ0) is 15.3. The number of nitrogens with one attached hydrogen (secondary N) is 1. The predicted octanol–water partition coefficient (Wildman–Crippen LogP) is 0.896. The molecule has 0 saturated heterocycles. The molecule has 0 saturated carbocycles. The molecular formula is C13H23N3O3S. The minimum Gasteiger partial charge on any atom is -0.495 e. The fourth-order valence-corrected chi connectivity index (χ4v) is 3.22. The molecule has 0 fully saturated rings. The Bertz CT molecular complexity index is 544. The van der Waals surface area contributed by atoms with Crippen molar-refractivity contribution in [1.29, 1.82) is 0 Å². The van der Waals surface area contributed by atoms with Crippen LogP contribution in [0.4, 0.5) is 5.69 Å². The van der Waals surface area contributed by atoms with Gasteiger partial charge >= 0.3 is 0 Å². The smallest absolute Gasteiger partial charge is 0.244 e. The average Bonchev–Trinajstić information content (AvgIpc) is 2.36. The van der Waals surface area contributed by atoms with Crippen molar-refractivity contribution in [1.82, 2.24) is 9.62 Å². The molecule has 1 unspecified atom stereocenters. The van der Waals surface area contributed by atoms with Gasteiger partial charge in [-0.25, -0.2) is 13.1 Å². The van der Waals surface area contributed by atoms with Gasteiger partial charge in [0, 0.05) is 11.7 Å². The predicted molar refractivity (Wildman–Crippen MR) is 80.4 cm³/mol. The van der Waals surface area contributed by atoms with E-state index in [1.165, 1.54) is 13.2 Å². The van der Waals surface area contributed by atoms with Gasteiger partial charge in [-0.3, -0.25) is 0 Å². The first-order valence-corrected chi connectivity index (χ1v) is 7.85. The van der Waals surface area contributed by atoms with E-state index in [-0.39, 0.29) is 16.7 Å². The minimum absolute atomic E-state index is 0.0664. The summed E-state index contributed by atoms with van der Waals surface area (Å²) in [4.78, 5) is 2.07. The Balaban J connectivity index is 2.91. The molecule has 0 aromatic heterocycles. The monoisotopic (exact) mass is 301 g/mol. The van der Waals surface area contributed by atoms with E-state index < -0.39 is 10.0 Å². The molecular weight excluding hydrogens is 278 g/mol. The number of nitrogen functional groups attached to an aromatic ring is 1. The fourth-order valence-electron chi connectivity index (χ4n) is 1.74. The number of sulfonamides is 1. The standard InChI is InChI=1S/C13H23N3O3S/c1-10(7-8-16(2)3)15-20(17,18)13-9-11(14)5-6-12(13)19-4/h5-6,9-10,15H,7-8,14H2,1-4H3. The maximum absolute atomic E-state index is 12.4. The van der Waals surface area contributed by atoms with Crippen LogP contribution in [0.3, 0.4) is 0 Å². The molecule has 1 rings (SSSR count). The van der Waals surface area contributed by atoms with E-state index in [9.17, 15) is 8.42 Å². The van der Waals surface area contributed by atoms with Crippen molar-refractivity contribution in [2.75, 3.05) is 33.5 Å². The number of hydrogen-bond acceptors (Lipinski definition) is 5. The summed E-state index contributed by atoms with van der Waals surface area (Å²) < 4.78 is 32.4. The van der Waals surface area contributed by atoms with Crippen LogP contribution < -0.4 is 15.2 Å². The van der Waals surface area contributed by atoms with Crippen LogP contribution >= 0.6 is 0 Å². The van der Waals surface area contributed by atoms with Crippen LogP contribution in [0.25, 0.3) is 0 Å². The van der Waals surface area contributed by atoms with Crippen molar-refractivity contribution < 1.29 is 13.2 Å². The summed E-state index contributed by atoms with van der Waals surface area (Å²) in [6.45, 7) is 2.64. The molecule has 7 heteroatoms. The molecule has 6 nitrogen and oxygen atoms in total. The average molecular weight is 301 g/mol. The Kier molecular flexibility index (Phi) is 5.79. The third kappa shape index (κ3) is 4.66.